The molecule has 0 bridgehead atoms. The van der Waals surface area contributed by atoms with Gasteiger partial charge in [0.1, 0.15) is 18.0 Å². The van der Waals surface area contributed by atoms with E-state index in [0.29, 0.717) is 19.8 Å². The molecular weight excluding hydrogens is 296 g/mol. The van der Waals surface area contributed by atoms with E-state index in [-0.39, 0.29) is 23.7 Å². The molecule has 124 valence electrons. The van der Waals surface area contributed by atoms with E-state index >= 15 is 0 Å². The summed E-state index contributed by atoms with van der Waals surface area (Å²) in [5.74, 6) is 0.892. The highest BCUT2D eigenvalue weighted by molar-refractivity contribution is 5.81. The number of aromatic nitrogens is 1. The van der Waals surface area contributed by atoms with Gasteiger partial charge in [-0.25, -0.2) is 0 Å². The lowest BCUT2D eigenvalue weighted by Crippen LogP contribution is -2.40. The van der Waals surface area contributed by atoms with Crippen molar-refractivity contribution in [2.24, 2.45) is 0 Å². The van der Waals surface area contributed by atoms with Crippen LogP contribution in [0.15, 0.2) is 24.5 Å². The minimum absolute atomic E-state index is 0.0250. The lowest BCUT2D eigenvalue weighted by atomic mass is 9.98. The van der Waals surface area contributed by atoms with Gasteiger partial charge in [0.05, 0.1) is 18.4 Å². The number of likely N-dealkylation sites (tertiary alicyclic amines) is 1. The molecule has 1 aromatic rings. The monoisotopic (exact) mass is 318 g/mol. The summed E-state index contributed by atoms with van der Waals surface area (Å²) >= 11 is 0. The number of rotatable bonds is 3. The molecule has 0 aliphatic carbocycles. The summed E-state index contributed by atoms with van der Waals surface area (Å²) in [6.07, 6.45) is 6.74. The van der Waals surface area contributed by atoms with E-state index in [0.717, 1.165) is 38.0 Å². The molecule has 1 spiro atoms. The maximum absolute atomic E-state index is 12.5. The minimum Gasteiger partial charge on any atom is -0.486 e. The van der Waals surface area contributed by atoms with Crippen LogP contribution in [0.25, 0.3) is 0 Å². The van der Waals surface area contributed by atoms with Crippen molar-refractivity contribution in [2.45, 2.75) is 43.5 Å². The van der Waals surface area contributed by atoms with E-state index in [2.05, 4.69) is 4.98 Å². The molecule has 0 aromatic carbocycles. The molecule has 1 amide bonds. The maximum atomic E-state index is 12.5. The number of nitrogens with zero attached hydrogens (tertiary/aromatic N) is 2. The maximum Gasteiger partial charge on any atom is 0.251 e. The molecule has 0 N–H and O–H groups in total. The highest BCUT2D eigenvalue weighted by atomic mass is 16.6. The Balaban J connectivity index is 1.34. The summed E-state index contributed by atoms with van der Waals surface area (Å²) in [6.45, 7) is 2.67. The lowest BCUT2D eigenvalue weighted by Gasteiger charge is -2.24. The van der Waals surface area contributed by atoms with Crippen molar-refractivity contribution >= 4 is 5.91 Å². The van der Waals surface area contributed by atoms with Crippen molar-refractivity contribution < 1.29 is 19.0 Å². The van der Waals surface area contributed by atoms with E-state index in [4.69, 9.17) is 14.2 Å². The standard InChI is InChI=1S/C17H22N2O4/c20-16(15-4-2-8-21-15)19-7-5-17(12-19)9-14(11-22-17)23-13-3-1-6-18-10-13/h1,3,6,10,14-15H,2,4-5,7-9,11-12H2/t14-,15+,17-/m0/s1. The average Bonchev–Trinajstić information content (AvgIpc) is 3.31. The Labute approximate surface area is 135 Å². The van der Waals surface area contributed by atoms with Crippen molar-refractivity contribution in [2.75, 3.05) is 26.3 Å². The molecule has 3 saturated heterocycles. The first-order chi connectivity index (χ1) is 11.2. The van der Waals surface area contributed by atoms with Gasteiger partial charge in [-0.1, -0.05) is 0 Å². The van der Waals surface area contributed by atoms with E-state index in [1.165, 1.54) is 0 Å². The summed E-state index contributed by atoms with van der Waals surface area (Å²) in [6, 6.07) is 3.76. The van der Waals surface area contributed by atoms with Crippen LogP contribution in [0.3, 0.4) is 0 Å². The van der Waals surface area contributed by atoms with Crippen LogP contribution in [0.2, 0.25) is 0 Å². The minimum atomic E-state index is -0.249. The number of hydrogen-bond acceptors (Lipinski definition) is 5. The van der Waals surface area contributed by atoms with E-state index in [1.807, 2.05) is 17.0 Å². The quantitative estimate of drug-likeness (QED) is 0.843. The van der Waals surface area contributed by atoms with Crippen LogP contribution >= 0.6 is 0 Å². The molecule has 4 rings (SSSR count). The third-order valence-electron chi connectivity index (χ3n) is 4.95. The Morgan fingerprint density at radius 3 is 3.22 bits per heavy atom. The van der Waals surface area contributed by atoms with E-state index in [1.54, 1.807) is 12.4 Å². The fraction of sp³-hybridized carbons (Fsp3) is 0.647. The number of hydrogen-bond donors (Lipinski definition) is 0. The molecule has 3 fully saturated rings. The zero-order valence-electron chi connectivity index (χ0n) is 13.1. The van der Waals surface area contributed by atoms with Gasteiger partial charge >= 0.3 is 0 Å². The van der Waals surface area contributed by atoms with Crippen molar-refractivity contribution in [3.63, 3.8) is 0 Å². The van der Waals surface area contributed by atoms with Gasteiger partial charge in [-0.05, 0) is 31.4 Å². The molecule has 6 heteroatoms. The summed E-state index contributed by atoms with van der Waals surface area (Å²) in [5, 5.41) is 0. The molecule has 23 heavy (non-hydrogen) atoms. The van der Waals surface area contributed by atoms with Crippen molar-refractivity contribution in [3.8, 4) is 5.75 Å². The van der Waals surface area contributed by atoms with Gasteiger partial charge in [0.15, 0.2) is 0 Å². The Morgan fingerprint density at radius 1 is 1.48 bits per heavy atom. The van der Waals surface area contributed by atoms with Crippen LogP contribution in [0, 0.1) is 0 Å². The second kappa shape index (κ2) is 6.09. The molecule has 3 atom stereocenters. The van der Waals surface area contributed by atoms with Crippen molar-refractivity contribution in [1.29, 1.82) is 0 Å². The summed E-state index contributed by atoms with van der Waals surface area (Å²) in [7, 11) is 0. The van der Waals surface area contributed by atoms with E-state index in [9.17, 15) is 4.79 Å². The first-order valence-electron chi connectivity index (χ1n) is 8.35. The third kappa shape index (κ3) is 3.05. The van der Waals surface area contributed by atoms with Crippen LogP contribution in [0.4, 0.5) is 0 Å². The molecule has 0 unspecified atom stereocenters. The first-order valence-corrected chi connectivity index (χ1v) is 8.35. The fourth-order valence-electron chi connectivity index (χ4n) is 3.78. The second-order valence-corrected chi connectivity index (χ2v) is 6.64. The predicted molar refractivity (Wildman–Crippen MR) is 82.1 cm³/mol. The number of ether oxygens (including phenoxy) is 3. The van der Waals surface area contributed by atoms with Crippen LogP contribution in [-0.2, 0) is 14.3 Å². The average molecular weight is 318 g/mol. The van der Waals surface area contributed by atoms with Crippen LogP contribution in [0.5, 0.6) is 5.75 Å². The summed E-state index contributed by atoms with van der Waals surface area (Å²) < 4.78 is 17.5. The van der Waals surface area contributed by atoms with Gasteiger partial charge in [0.2, 0.25) is 0 Å². The Hall–Kier alpha value is -1.66. The summed E-state index contributed by atoms with van der Waals surface area (Å²) in [5.41, 5.74) is -0.249. The lowest BCUT2D eigenvalue weighted by molar-refractivity contribution is -0.140. The Morgan fingerprint density at radius 2 is 2.43 bits per heavy atom. The molecule has 4 heterocycles. The largest absolute Gasteiger partial charge is 0.486 e. The molecule has 3 aliphatic heterocycles. The number of carbonyl (C=O) groups excluding carboxylic acids is 1. The van der Waals surface area contributed by atoms with Gasteiger partial charge in [-0.15, -0.1) is 0 Å². The van der Waals surface area contributed by atoms with Gasteiger partial charge in [-0.3, -0.25) is 9.78 Å². The second-order valence-electron chi connectivity index (χ2n) is 6.64. The van der Waals surface area contributed by atoms with Gasteiger partial charge < -0.3 is 19.1 Å². The van der Waals surface area contributed by atoms with Gasteiger partial charge in [-0.2, -0.15) is 0 Å². The molecular formula is C17H22N2O4. The molecule has 3 aliphatic rings. The molecule has 0 radical (unpaired) electrons. The topological polar surface area (TPSA) is 60.9 Å². The molecule has 6 nitrogen and oxygen atoms in total. The zero-order chi connectivity index (χ0) is 15.7. The fourth-order valence-corrected chi connectivity index (χ4v) is 3.78. The van der Waals surface area contributed by atoms with Crippen LogP contribution in [-0.4, -0.2) is 59.9 Å². The summed E-state index contributed by atoms with van der Waals surface area (Å²) in [4.78, 5) is 18.4. The smallest absolute Gasteiger partial charge is 0.251 e. The Bertz CT molecular complexity index is 561. The number of amides is 1. The van der Waals surface area contributed by atoms with E-state index < -0.39 is 0 Å². The molecule has 0 saturated carbocycles. The number of pyridine rings is 1. The zero-order valence-corrected chi connectivity index (χ0v) is 13.1. The predicted octanol–water partition coefficient (Wildman–Crippen LogP) is 1.40. The Kier molecular flexibility index (Phi) is 3.95. The SMILES string of the molecule is O=C([C@H]1CCCO1)N1CC[C@]2(C[C@H](Oc3cccnc3)CO2)C1. The highest BCUT2D eigenvalue weighted by Crippen LogP contribution is 2.37. The highest BCUT2D eigenvalue weighted by Gasteiger charge is 2.48. The van der Waals surface area contributed by atoms with Crippen molar-refractivity contribution in [1.82, 2.24) is 9.88 Å². The first kappa shape index (κ1) is 14.9. The van der Waals surface area contributed by atoms with Gasteiger partial charge in [0, 0.05) is 32.3 Å². The van der Waals surface area contributed by atoms with Crippen LogP contribution < -0.4 is 4.74 Å². The van der Waals surface area contributed by atoms with Gasteiger partial charge in [0.25, 0.3) is 5.91 Å². The normalized spacial score (nSPS) is 33.5. The van der Waals surface area contributed by atoms with Crippen LogP contribution in [0.1, 0.15) is 25.7 Å². The van der Waals surface area contributed by atoms with Crippen molar-refractivity contribution in [3.05, 3.63) is 24.5 Å². The third-order valence-corrected chi connectivity index (χ3v) is 4.95. The number of carbonyl (C=O) groups is 1. The molecule has 1 aromatic heterocycles.